The van der Waals surface area contributed by atoms with E-state index < -0.39 is 23.6 Å². The van der Waals surface area contributed by atoms with Crippen LogP contribution in [0.5, 0.6) is 0 Å². The summed E-state index contributed by atoms with van der Waals surface area (Å²) < 4.78 is 0. The van der Waals surface area contributed by atoms with Crippen LogP contribution in [0.1, 0.15) is 15.9 Å². The summed E-state index contributed by atoms with van der Waals surface area (Å²) in [4.78, 5) is 33.0. The molecule has 0 saturated carbocycles. The summed E-state index contributed by atoms with van der Waals surface area (Å²) in [5.74, 6) is -3.32. The number of nitrogens with one attached hydrogen (secondary N) is 1. The van der Waals surface area contributed by atoms with E-state index in [0.717, 1.165) is 0 Å². The maximum Gasteiger partial charge on any atom is 0.274 e. The van der Waals surface area contributed by atoms with Gasteiger partial charge in [0.15, 0.2) is 0 Å². The molecule has 18 heavy (non-hydrogen) atoms. The molecule has 1 aromatic carbocycles. The number of carbonyl (C=O) groups is 3. The van der Waals surface area contributed by atoms with E-state index in [2.05, 4.69) is 0 Å². The summed E-state index contributed by atoms with van der Waals surface area (Å²) in [7, 11) is 0. The number of benzene rings is 1. The van der Waals surface area contributed by atoms with Gasteiger partial charge in [-0.1, -0.05) is 12.1 Å². The maximum atomic E-state index is 11.1. The van der Waals surface area contributed by atoms with Gasteiger partial charge in [0.2, 0.25) is 11.8 Å². The molecule has 0 spiro atoms. The molecule has 96 valence electrons. The Morgan fingerprint density at radius 1 is 1.11 bits per heavy atom. The Labute approximate surface area is 103 Å². The second-order valence-electron chi connectivity index (χ2n) is 3.70. The number of carbonyl (C=O) groups excluding carboxylic acids is 3. The average molecular weight is 251 g/mol. The highest BCUT2D eigenvalue weighted by molar-refractivity contribution is 5.99. The van der Waals surface area contributed by atoms with Crippen LogP contribution < -0.4 is 16.9 Å². The Bertz CT molecular complexity index is 456. The Balaban J connectivity index is 2.83. The molecule has 0 unspecified atom stereocenters. The Kier molecular flexibility index (Phi) is 4.39. The lowest BCUT2D eigenvalue weighted by Crippen LogP contribution is -2.36. The standard InChI is InChI=1S/C11H13N3O4/c12-9(15)8(10(13)16)5-6-1-3-7(4-2-6)11(17)14-18/h1-4,8,18H,5H2,(H2,12,15)(H2,13,16)(H,14,17). The van der Waals surface area contributed by atoms with E-state index in [0.29, 0.717) is 5.56 Å². The molecule has 0 atom stereocenters. The zero-order valence-corrected chi connectivity index (χ0v) is 9.42. The van der Waals surface area contributed by atoms with E-state index in [1.165, 1.54) is 17.6 Å². The first-order chi connectivity index (χ1) is 8.45. The van der Waals surface area contributed by atoms with Crippen molar-refractivity contribution in [2.45, 2.75) is 6.42 Å². The highest BCUT2D eigenvalue weighted by Crippen LogP contribution is 2.10. The molecule has 6 N–H and O–H groups in total. The molecule has 0 aromatic heterocycles. The van der Waals surface area contributed by atoms with Crippen LogP contribution in [-0.4, -0.2) is 22.9 Å². The van der Waals surface area contributed by atoms with E-state index in [1.807, 2.05) is 0 Å². The van der Waals surface area contributed by atoms with Gasteiger partial charge < -0.3 is 11.5 Å². The summed E-state index contributed by atoms with van der Waals surface area (Å²) >= 11 is 0. The van der Waals surface area contributed by atoms with Crippen molar-refractivity contribution < 1.29 is 19.6 Å². The van der Waals surface area contributed by atoms with Crippen molar-refractivity contribution in [1.29, 1.82) is 0 Å². The predicted molar refractivity (Wildman–Crippen MR) is 61.3 cm³/mol. The minimum atomic E-state index is -1.08. The lowest BCUT2D eigenvalue weighted by molar-refractivity contribution is -0.131. The topological polar surface area (TPSA) is 136 Å². The zero-order valence-electron chi connectivity index (χ0n) is 9.42. The molecule has 1 aromatic rings. The van der Waals surface area contributed by atoms with Crippen molar-refractivity contribution in [3.8, 4) is 0 Å². The predicted octanol–water partition coefficient (Wildman–Crippen LogP) is -1.07. The van der Waals surface area contributed by atoms with Gasteiger partial charge in [-0.2, -0.15) is 0 Å². The highest BCUT2D eigenvalue weighted by atomic mass is 16.5. The third kappa shape index (κ3) is 3.29. The molecule has 0 heterocycles. The average Bonchev–Trinajstić information content (AvgIpc) is 2.35. The molecule has 0 radical (unpaired) electrons. The third-order valence-corrected chi connectivity index (χ3v) is 2.44. The van der Waals surface area contributed by atoms with E-state index >= 15 is 0 Å². The van der Waals surface area contributed by atoms with Crippen LogP contribution in [0.25, 0.3) is 0 Å². The highest BCUT2D eigenvalue weighted by Gasteiger charge is 2.22. The van der Waals surface area contributed by atoms with Gasteiger partial charge in [0.05, 0.1) is 0 Å². The lowest BCUT2D eigenvalue weighted by Gasteiger charge is -2.09. The molecule has 1 rings (SSSR count). The van der Waals surface area contributed by atoms with E-state index in [-0.39, 0.29) is 12.0 Å². The van der Waals surface area contributed by atoms with E-state index in [4.69, 9.17) is 16.7 Å². The minimum absolute atomic E-state index is 0.0751. The van der Waals surface area contributed by atoms with Gasteiger partial charge in [0, 0.05) is 5.56 Å². The van der Waals surface area contributed by atoms with Gasteiger partial charge >= 0.3 is 0 Å². The van der Waals surface area contributed by atoms with Crippen LogP contribution in [0, 0.1) is 5.92 Å². The van der Waals surface area contributed by atoms with Crippen LogP contribution in [0.2, 0.25) is 0 Å². The Morgan fingerprint density at radius 2 is 1.61 bits per heavy atom. The molecule has 0 bridgehead atoms. The first-order valence-corrected chi connectivity index (χ1v) is 5.07. The van der Waals surface area contributed by atoms with Crippen molar-refractivity contribution >= 4 is 17.7 Å². The van der Waals surface area contributed by atoms with Gasteiger partial charge in [-0.3, -0.25) is 19.6 Å². The fourth-order valence-corrected chi connectivity index (χ4v) is 1.43. The monoisotopic (exact) mass is 251 g/mol. The van der Waals surface area contributed by atoms with Crippen LogP contribution in [0.4, 0.5) is 0 Å². The van der Waals surface area contributed by atoms with Crippen molar-refractivity contribution in [3.05, 3.63) is 35.4 Å². The minimum Gasteiger partial charge on any atom is -0.369 e. The van der Waals surface area contributed by atoms with Gasteiger partial charge in [0.25, 0.3) is 5.91 Å². The first-order valence-electron chi connectivity index (χ1n) is 5.07. The molecule has 0 aliphatic rings. The Hall–Kier alpha value is -2.41. The summed E-state index contributed by atoms with van der Waals surface area (Å²) in [5, 5.41) is 8.43. The fraction of sp³-hybridized carbons (Fsp3) is 0.182. The van der Waals surface area contributed by atoms with Crippen molar-refractivity contribution in [2.75, 3.05) is 0 Å². The number of primary amides is 2. The van der Waals surface area contributed by atoms with E-state index in [9.17, 15) is 14.4 Å². The first kappa shape index (κ1) is 13.7. The molecule has 0 aliphatic heterocycles. The maximum absolute atomic E-state index is 11.1. The van der Waals surface area contributed by atoms with Crippen molar-refractivity contribution in [2.24, 2.45) is 17.4 Å². The zero-order chi connectivity index (χ0) is 13.7. The van der Waals surface area contributed by atoms with Gasteiger partial charge in [0.1, 0.15) is 5.92 Å². The van der Waals surface area contributed by atoms with Crippen molar-refractivity contribution in [1.82, 2.24) is 5.48 Å². The number of amides is 3. The summed E-state index contributed by atoms with van der Waals surface area (Å²) in [6.07, 6.45) is 0.0751. The van der Waals surface area contributed by atoms with Crippen LogP contribution in [0.15, 0.2) is 24.3 Å². The normalized spacial score (nSPS) is 10.1. The molecule has 0 fully saturated rings. The molecule has 7 heteroatoms. The van der Waals surface area contributed by atoms with Crippen LogP contribution in [0.3, 0.4) is 0 Å². The number of nitrogens with two attached hydrogens (primary N) is 2. The fourth-order valence-electron chi connectivity index (χ4n) is 1.43. The second kappa shape index (κ2) is 5.78. The molecule has 0 saturated heterocycles. The Morgan fingerprint density at radius 3 is 2.00 bits per heavy atom. The quantitative estimate of drug-likeness (QED) is 0.301. The molecular weight excluding hydrogens is 238 g/mol. The van der Waals surface area contributed by atoms with Crippen LogP contribution in [-0.2, 0) is 16.0 Å². The second-order valence-corrected chi connectivity index (χ2v) is 3.70. The molecular formula is C11H13N3O4. The third-order valence-electron chi connectivity index (χ3n) is 2.44. The lowest BCUT2D eigenvalue weighted by atomic mass is 9.97. The van der Waals surface area contributed by atoms with Gasteiger partial charge in [-0.25, -0.2) is 5.48 Å². The van der Waals surface area contributed by atoms with E-state index in [1.54, 1.807) is 12.1 Å². The number of hydrogen-bond acceptors (Lipinski definition) is 4. The SMILES string of the molecule is NC(=O)C(Cc1ccc(C(=O)NO)cc1)C(N)=O. The summed E-state index contributed by atoms with van der Waals surface area (Å²) in [6.45, 7) is 0. The van der Waals surface area contributed by atoms with Crippen molar-refractivity contribution in [3.63, 3.8) is 0 Å². The number of rotatable bonds is 5. The molecule has 7 nitrogen and oxygen atoms in total. The van der Waals surface area contributed by atoms with Gasteiger partial charge in [-0.15, -0.1) is 0 Å². The number of hydroxylamine groups is 1. The largest absolute Gasteiger partial charge is 0.369 e. The smallest absolute Gasteiger partial charge is 0.274 e. The number of hydrogen-bond donors (Lipinski definition) is 4. The summed E-state index contributed by atoms with van der Waals surface area (Å²) in [6, 6.07) is 5.98. The molecule has 3 amide bonds. The molecule has 0 aliphatic carbocycles. The van der Waals surface area contributed by atoms with Gasteiger partial charge in [-0.05, 0) is 24.1 Å². The van der Waals surface area contributed by atoms with Crippen LogP contribution >= 0.6 is 0 Å². The summed E-state index contributed by atoms with van der Waals surface area (Å²) in [5.41, 5.74) is 12.5.